The number of hydrogen-bond acceptors (Lipinski definition) is 2. The molecule has 0 aromatic rings. The average molecular weight is 212 g/mol. The second-order valence-corrected chi connectivity index (χ2v) is 5.08. The fourth-order valence-electron chi connectivity index (χ4n) is 2.51. The van der Waals surface area contributed by atoms with Gasteiger partial charge in [0.2, 0.25) is 0 Å². The number of hydrogen-bond donors (Lipinski definition) is 1. The Kier molecular flexibility index (Phi) is 6.26. The van der Waals surface area contributed by atoms with Gasteiger partial charge in [0.1, 0.15) is 0 Å². The fourth-order valence-corrected chi connectivity index (χ4v) is 2.51. The summed E-state index contributed by atoms with van der Waals surface area (Å²) in [5.41, 5.74) is 5.96. The number of nitrogens with zero attached hydrogens (tertiary/aromatic N) is 1. The molecule has 1 aliphatic heterocycles. The standard InChI is InChI=1S/C13H28N2/c1-3-4-5-6-7-9-15-10-8-13(14)11-12(15)2/h12-13H,3-11,14H2,1-2H3. The first-order chi connectivity index (χ1) is 7.24. The SMILES string of the molecule is CCCCCCCN1CCC(N)CC1C. The van der Waals surface area contributed by atoms with Gasteiger partial charge < -0.3 is 10.6 Å². The van der Waals surface area contributed by atoms with Gasteiger partial charge in [0.25, 0.3) is 0 Å². The smallest absolute Gasteiger partial charge is 0.00816 e. The number of likely N-dealkylation sites (tertiary alicyclic amines) is 1. The molecule has 1 aliphatic rings. The van der Waals surface area contributed by atoms with Crippen LogP contribution in [0.25, 0.3) is 0 Å². The molecule has 0 radical (unpaired) electrons. The summed E-state index contributed by atoms with van der Waals surface area (Å²) < 4.78 is 0. The lowest BCUT2D eigenvalue weighted by Gasteiger charge is -2.36. The van der Waals surface area contributed by atoms with Crippen LogP contribution in [0.4, 0.5) is 0 Å². The lowest BCUT2D eigenvalue weighted by atomic mass is 9.99. The predicted octanol–water partition coefficient (Wildman–Crippen LogP) is 2.77. The Morgan fingerprint density at radius 3 is 2.60 bits per heavy atom. The van der Waals surface area contributed by atoms with Crippen molar-refractivity contribution in [3.8, 4) is 0 Å². The molecule has 15 heavy (non-hydrogen) atoms. The normalized spacial score (nSPS) is 28.2. The molecule has 2 N–H and O–H groups in total. The molecule has 0 aromatic heterocycles. The minimum Gasteiger partial charge on any atom is -0.328 e. The quantitative estimate of drug-likeness (QED) is 0.686. The van der Waals surface area contributed by atoms with Gasteiger partial charge in [-0.15, -0.1) is 0 Å². The molecule has 0 bridgehead atoms. The summed E-state index contributed by atoms with van der Waals surface area (Å²) in [5, 5.41) is 0. The van der Waals surface area contributed by atoms with Gasteiger partial charge in [0.05, 0.1) is 0 Å². The molecule has 2 nitrogen and oxygen atoms in total. The first-order valence-corrected chi connectivity index (χ1v) is 6.73. The molecule has 0 aliphatic carbocycles. The number of rotatable bonds is 6. The fraction of sp³-hybridized carbons (Fsp3) is 1.00. The van der Waals surface area contributed by atoms with E-state index < -0.39 is 0 Å². The van der Waals surface area contributed by atoms with Crippen LogP contribution in [0.2, 0.25) is 0 Å². The van der Waals surface area contributed by atoms with E-state index in [9.17, 15) is 0 Å². The van der Waals surface area contributed by atoms with E-state index in [0.29, 0.717) is 12.1 Å². The van der Waals surface area contributed by atoms with Gasteiger partial charge >= 0.3 is 0 Å². The third kappa shape index (κ3) is 4.98. The summed E-state index contributed by atoms with van der Waals surface area (Å²) >= 11 is 0. The van der Waals surface area contributed by atoms with Gasteiger partial charge in [0.15, 0.2) is 0 Å². The van der Waals surface area contributed by atoms with Crippen LogP contribution < -0.4 is 5.73 Å². The molecular formula is C13H28N2. The van der Waals surface area contributed by atoms with Crippen LogP contribution in [0.15, 0.2) is 0 Å². The minimum atomic E-state index is 0.455. The molecule has 1 saturated heterocycles. The van der Waals surface area contributed by atoms with Crippen molar-refractivity contribution in [1.29, 1.82) is 0 Å². The van der Waals surface area contributed by atoms with Crippen molar-refractivity contribution in [2.24, 2.45) is 5.73 Å². The summed E-state index contributed by atoms with van der Waals surface area (Å²) in [6.07, 6.45) is 9.32. The average Bonchev–Trinajstić information content (AvgIpc) is 2.20. The van der Waals surface area contributed by atoms with Crippen molar-refractivity contribution in [2.45, 2.75) is 70.9 Å². The van der Waals surface area contributed by atoms with Gasteiger partial charge in [-0.25, -0.2) is 0 Å². The minimum absolute atomic E-state index is 0.455. The van der Waals surface area contributed by atoms with Crippen LogP contribution in [-0.2, 0) is 0 Å². The highest BCUT2D eigenvalue weighted by molar-refractivity contribution is 4.80. The topological polar surface area (TPSA) is 29.3 Å². The molecule has 2 heteroatoms. The summed E-state index contributed by atoms with van der Waals surface area (Å²) in [6, 6.07) is 1.16. The lowest BCUT2D eigenvalue weighted by molar-refractivity contribution is 0.145. The van der Waals surface area contributed by atoms with E-state index >= 15 is 0 Å². The zero-order valence-electron chi connectivity index (χ0n) is 10.5. The predicted molar refractivity (Wildman–Crippen MR) is 67.0 cm³/mol. The van der Waals surface area contributed by atoms with Crippen molar-refractivity contribution in [2.75, 3.05) is 13.1 Å². The van der Waals surface area contributed by atoms with E-state index in [4.69, 9.17) is 5.73 Å². The van der Waals surface area contributed by atoms with Crippen LogP contribution >= 0.6 is 0 Å². The highest BCUT2D eigenvalue weighted by Crippen LogP contribution is 2.16. The first-order valence-electron chi connectivity index (χ1n) is 6.73. The van der Waals surface area contributed by atoms with Gasteiger partial charge in [-0.3, -0.25) is 0 Å². The molecule has 0 saturated carbocycles. The van der Waals surface area contributed by atoms with Crippen molar-refractivity contribution in [3.05, 3.63) is 0 Å². The maximum Gasteiger partial charge on any atom is 0.00816 e. The summed E-state index contributed by atoms with van der Waals surface area (Å²) in [4.78, 5) is 2.62. The van der Waals surface area contributed by atoms with Crippen LogP contribution in [0.5, 0.6) is 0 Å². The zero-order valence-corrected chi connectivity index (χ0v) is 10.5. The Hall–Kier alpha value is -0.0800. The molecule has 1 heterocycles. The maximum atomic E-state index is 5.96. The van der Waals surface area contributed by atoms with Crippen LogP contribution in [0, 0.1) is 0 Å². The molecule has 1 fully saturated rings. The first kappa shape index (κ1) is 13.0. The Morgan fingerprint density at radius 2 is 1.93 bits per heavy atom. The second-order valence-electron chi connectivity index (χ2n) is 5.08. The number of unbranched alkanes of at least 4 members (excludes halogenated alkanes) is 4. The van der Waals surface area contributed by atoms with Crippen LogP contribution in [0.1, 0.15) is 58.8 Å². The van der Waals surface area contributed by atoms with Crippen molar-refractivity contribution in [3.63, 3.8) is 0 Å². The summed E-state index contributed by atoms with van der Waals surface area (Å²) in [6.45, 7) is 7.10. The molecule has 1 rings (SSSR count). The van der Waals surface area contributed by atoms with Crippen LogP contribution in [-0.4, -0.2) is 30.1 Å². The summed E-state index contributed by atoms with van der Waals surface area (Å²) in [5.74, 6) is 0. The molecule has 0 aromatic carbocycles. The maximum absolute atomic E-state index is 5.96. The highest BCUT2D eigenvalue weighted by Gasteiger charge is 2.22. The van der Waals surface area contributed by atoms with E-state index in [-0.39, 0.29) is 0 Å². The van der Waals surface area contributed by atoms with E-state index in [1.54, 1.807) is 0 Å². The van der Waals surface area contributed by atoms with E-state index in [1.807, 2.05) is 0 Å². The third-order valence-corrected chi connectivity index (χ3v) is 3.60. The Balaban J connectivity index is 2.05. The van der Waals surface area contributed by atoms with Crippen molar-refractivity contribution in [1.82, 2.24) is 4.90 Å². The summed E-state index contributed by atoms with van der Waals surface area (Å²) in [7, 11) is 0. The Bertz CT molecular complexity index is 159. The molecular weight excluding hydrogens is 184 g/mol. The number of nitrogens with two attached hydrogens (primary N) is 1. The molecule has 90 valence electrons. The van der Waals surface area contributed by atoms with Gasteiger partial charge in [-0.05, 0) is 39.3 Å². The molecule has 0 amide bonds. The number of piperidine rings is 1. The van der Waals surface area contributed by atoms with Gasteiger partial charge in [-0.2, -0.15) is 0 Å². The van der Waals surface area contributed by atoms with E-state index in [1.165, 1.54) is 58.0 Å². The third-order valence-electron chi connectivity index (χ3n) is 3.60. The highest BCUT2D eigenvalue weighted by atomic mass is 15.2. The van der Waals surface area contributed by atoms with Crippen molar-refractivity contribution < 1.29 is 0 Å². The van der Waals surface area contributed by atoms with Crippen molar-refractivity contribution >= 4 is 0 Å². The largest absolute Gasteiger partial charge is 0.328 e. The molecule has 2 unspecified atom stereocenters. The van der Waals surface area contributed by atoms with Gasteiger partial charge in [0, 0.05) is 12.1 Å². The second kappa shape index (κ2) is 7.24. The monoisotopic (exact) mass is 212 g/mol. The van der Waals surface area contributed by atoms with E-state index in [2.05, 4.69) is 18.7 Å². The lowest BCUT2D eigenvalue weighted by Crippen LogP contribution is -2.45. The van der Waals surface area contributed by atoms with Crippen LogP contribution in [0.3, 0.4) is 0 Å². The van der Waals surface area contributed by atoms with E-state index in [0.717, 1.165) is 0 Å². The molecule has 2 atom stereocenters. The zero-order chi connectivity index (χ0) is 11.1. The Morgan fingerprint density at radius 1 is 1.20 bits per heavy atom. The molecule has 0 spiro atoms. The van der Waals surface area contributed by atoms with Gasteiger partial charge in [-0.1, -0.05) is 32.6 Å². The Labute approximate surface area is 95.2 Å².